The first-order chi connectivity index (χ1) is 8.05. The Hall–Kier alpha value is -2.04. The Morgan fingerprint density at radius 2 is 2.06 bits per heavy atom. The Morgan fingerprint density at radius 1 is 1.35 bits per heavy atom. The number of Topliss-reactive ketones (excluding diaryl/α,β-unsaturated/α-hetero) is 1. The third kappa shape index (κ3) is 1.95. The van der Waals surface area contributed by atoms with Gasteiger partial charge in [0, 0.05) is 5.52 Å². The zero-order valence-electron chi connectivity index (χ0n) is 8.74. The summed E-state index contributed by atoms with van der Waals surface area (Å²) in [5.74, 6) is -5.06. The number of carbonyl (C=O) groups excluding carboxylic acids is 2. The predicted octanol–water partition coefficient (Wildman–Crippen LogP) is 2.42. The number of hydrogen-bond donors (Lipinski definition) is 1. The van der Waals surface area contributed by atoms with Gasteiger partial charge in [-0.05, 0) is 17.5 Å². The molecule has 1 aromatic carbocycles. The summed E-state index contributed by atoms with van der Waals surface area (Å²) in [5, 5.41) is 0.598. The van der Waals surface area contributed by atoms with Crippen molar-refractivity contribution in [3.8, 4) is 0 Å². The molecule has 0 atom stereocenters. The minimum atomic E-state index is -3.65. The number of aromatic amines is 1. The molecule has 0 spiro atoms. The van der Waals surface area contributed by atoms with Crippen LogP contribution in [-0.2, 0) is 15.5 Å². The van der Waals surface area contributed by atoms with Crippen molar-refractivity contribution in [1.82, 2.24) is 4.98 Å². The summed E-state index contributed by atoms with van der Waals surface area (Å²) in [6, 6.07) is 7.94. The van der Waals surface area contributed by atoms with Gasteiger partial charge in [0.2, 0.25) is 5.78 Å². The van der Waals surface area contributed by atoms with Gasteiger partial charge in [-0.2, -0.15) is 8.78 Å². The van der Waals surface area contributed by atoms with Gasteiger partial charge in [-0.15, -0.1) is 0 Å². The van der Waals surface area contributed by atoms with Crippen LogP contribution in [-0.4, -0.2) is 17.1 Å². The van der Waals surface area contributed by atoms with E-state index in [1.165, 1.54) is 6.07 Å². The normalized spacial score (nSPS) is 11.6. The number of carbonyl (C=O) groups is 2. The highest BCUT2D eigenvalue weighted by Gasteiger charge is 2.41. The second-order valence-electron chi connectivity index (χ2n) is 3.64. The molecule has 2 rings (SSSR count). The van der Waals surface area contributed by atoms with Crippen molar-refractivity contribution < 1.29 is 18.4 Å². The molecule has 0 aliphatic heterocycles. The smallest absolute Gasteiger partial charge is 0.345 e. The number of nitrogens with one attached hydrogen (secondary N) is 1. The molecule has 1 heterocycles. The van der Waals surface area contributed by atoms with E-state index in [0.29, 0.717) is 10.9 Å². The molecule has 17 heavy (non-hydrogen) atoms. The molecule has 88 valence electrons. The highest BCUT2D eigenvalue weighted by molar-refractivity contribution is 5.96. The topological polar surface area (TPSA) is 49.9 Å². The molecule has 0 amide bonds. The molecular formula is C12H9F2NO2. The summed E-state index contributed by atoms with van der Waals surface area (Å²) >= 11 is 0. The maximum absolute atomic E-state index is 13.6. The van der Waals surface area contributed by atoms with E-state index in [4.69, 9.17) is 0 Å². The number of alkyl halides is 2. The second kappa shape index (κ2) is 4.08. The number of aldehydes is 1. The zero-order valence-corrected chi connectivity index (χ0v) is 8.74. The van der Waals surface area contributed by atoms with Gasteiger partial charge < -0.3 is 9.78 Å². The molecule has 1 N–H and O–H groups in total. The van der Waals surface area contributed by atoms with Crippen molar-refractivity contribution in [1.29, 1.82) is 0 Å². The molecule has 3 nitrogen and oxygen atoms in total. The minimum Gasteiger partial charge on any atom is -0.353 e. The van der Waals surface area contributed by atoms with Crippen LogP contribution in [0.5, 0.6) is 0 Å². The second-order valence-corrected chi connectivity index (χ2v) is 3.64. The van der Waals surface area contributed by atoms with Gasteiger partial charge in [0.05, 0.1) is 12.1 Å². The zero-order chi connectivity index (χ0) is 12.5. The molecule has 0 fully saturated rings. The molecule has 0 unspecified atom stereocenters. The van der Waals surface area contributed by atoms with Crippen molar-refractivity contribution >= 4 is 23.0 Å². The van der Waals surface area contributed by atoms with Gasteiger partial charge >= 0.3 is 5.92 Å². The number of H-pyrrole nitrogens is 1. The standard InChI is InChI=1S/C12H9F2NO2/c13-12(14,11(17)5-6-16)10-7-8-3-1-2-4-9(8)15-10/h1-4,6-7,15H,5H2. The summed E-state index contributed by atoms with van der Waals surface area (Å²) in [7, 11) is 0. The van der Waals surface area contributed by atoms with E-state index in [-0.39, 0.29) is 6.29 Å². The molecular weight excluding hydrogens is 228 g/mol. The van der Waals surface area contributed by atoms with Crippen LogP contribution in [0, 0.1) is 0 Å². The monoisotopic (exact) mass is 237 g/mol. The van der Waals surface area contributed by atoms with E-state index in [1.807, 2.05) is 0 Å². The maximum Gasteiger partial charge on any atom is 0.345 e. The molecule has 0 aliphatic rings. The van der Waals surface area contributed by atoms with Gasteiger partial charge in [-0.1, -0.05) is 18.2 Å². The van der Waals surface area contributed by atoms with Gasteiger partial charge in [0.25, 0.3) is 0 Å². The number of halogens is 2. The molecule has 2 aromatic rings. The van der Waals surface area contributed by atoms with Crippen LogP contribution in [0.15, 0.2) is 30.3 Å². The summed E-state index contributed by atoms with van der Waals surface area (Å²) in [6.45, 7) is 0. The average Bonchev–Trinajstić information content (AvgIpc) is 2.73. The van der Waals surface area contributed by atoms with Crippen LogP contribution in [0.4, 0.5) is 8.78 Å². The molecule has 0 radical (unpaired) electrons. The lowest BCUT2D eigenvalue weighted by atomic mass is 10.1. The van der Waals surface area contributed by atoms with Crippen LogP contribution in [0.2, 0.25) is 0 Å². The van der Waals surface area contributed by atoms with E-state index in [9.17, 15) is 18.4 Å². The lowest BCUT2D eigenvalue weighted by Gasteiger charge is -2.11. The van der Waals surface area contributed by atoms with E-state index in [0.717, 1.165) is 0 Å². The summed E-state index contributed by atoms with van der Waals surface area (Å²) in [6.07, 6.45) is -0.610. The Labute approximate surface area is 95.4 Å². The minimum absolute atomic E-state index is 0.179. The first kappa shape index (κ1) is 11.4. The highest BCUT2D eigenvalue weighted by Crippen LogP contribution is 2.31. The van der Waals surface area contributed by atoms with E-state index in [2.05, 4.69) is 4.98 Å². The fraction of sp³-hybridized carbons (Fsp3) is 0.167. The van der Waals surface area contributed by atoms with Crippen LogP contribution in [0.1, 0.15) is 12.1 Å². The van der Waals surface area contributed by atoms with Crippen molar-refractivity contribution in [2.75, 3.05) is 0 Å². The van der Waals surface area contributed by atoms with Gasteiger partial charge in [0.15, 0.2) is 0 Å². The Morgan fingerprint density at radius 3 is 2.71 bits per heavy atom. The van der Waals surface area contributed by atoms with Crippen molar-refractivity contribution in [3.05, 3.63) is 36.0 Å². The van der Waals surface area contributed by atoms with Gasteiger partial charge in [-0.25, -0.2) is 0 Å². The lowest BCUT2D eigenvalue weighted by Crippen LogP contribution is -2.26. The average molecular weight is 237 g/mol. The number of para-hydroxylation sites is 1. The molecule has 0 saturated carbocycles. The maximum atomic E-state index is 13.6. The van der Waals surface area contributed by atoms with Crippen LogP contribution in [0.25, 0.3) is 10.9 Å². The van der Waals surface area contributed by atoms with E-state index in [1.54, 1.807) is 24.3 Å². The van der Waals surface area contributed by atoms with E-state index >= 15 is 0 Å². The van der Waals surface area contributed by atoms with Crippen molar-refractivity contribution in [3.63, 3.8) is 0 Å². The van der Waals surface area contributed by atoms with Crippen molar-refractivity contribution in [2.45, 2.75) is 12.3 Å². The molecule has 0 saturated heterocycles. The van der Waals surface area contributed by atoms with Crippen molar-refractivity contribution in [2.24, 2.45) is 0 Å². The van der Waals surface area contributed by atoms with E-state index < -0.39 is 23.8 Å². The van der Waals surface area contributed by atoms with Crippen LogP contribution >= 0.6 is 0 Å². The summed E-state index contributed by atoms with van der Waals surface area (Å²) in [4.78, 5) is 23.7. The lowest BCUT2D eigenvalue weighted by molar-refractivity contribution is -0.145. The molecule has 5 heteroatoms. The SMILES string of the molecule is O=CCC(=O)C(F)(F)c1cc2ccccc2[nH]1. The fourth-order valence-corrected chi connectivity index (χ4v) is 1.60. The Balaban J connectivity index is 2.44. The Bertz CT molecular complexity index is 542. The van der Waals surface area contributed by atoms with Crippen LogP contribution in [0.3, 0.4) is 0 Å². The highest BCUT2D eigenvalue weighted by atomic mass is 19.3. The quantitative estimate of drug-likeness (QED) is 0.655. The third-order valence-corrected chi connectivity index (χ3v) is 2.49. The van der Waals surface area contributed by atoms with Gasteiger partial charge in [0.1, 0.15) is 6.29 Å². The molecule has 0 bridgehead atoms. The number of hydrogen-bond acceptors (Lipinski definition) is 2. The first-order valence-electron chi connectivity index (χ1n) is 4.98. The molecule has 1 aromatic heterocycles. The number of aromatic nitrogens is 1. The predicted molar refractivity (Wildman–Crippen MR) is 57.9 cm³/mol. The van der Waals surface area contributed by atoms with Crippen LogP contribution < -0.4 is 0 Å². The number of benzene rings is 1. The van der Waals surface area contributed by atoms with Gasteiger partial charge in [-0.3, -0.25) is 4.79 Å². The third-order valence-electron chi connectivity index (χ3n) is 2.49. The summed E-state index contributed by atoms with van der Waals surface area (Å²) < 4.78 is 27.3. The number of fused-ring (bicyclic) bond motifs is 1. The fourth-order valence-electron chi connectivity index (χ4n) is 1.60. The number of rotatable bonds is 4. The first-order valence-corrected chi connectivity index (χ1v) is 4.98. The Kier molecular flexibility index (Phi) is 2.75. The number of ketones is 1. The largest absolute Gasteiger partial charge is 0.353 e. The molecule has 0 aliphatic carbocycles. The summed E-state index contributed by atoms with van der Waals surface area (Å²) in [5.41, 5.74) is 0.0478.